The second-order valence-electron chi connectivity index (χ2n) is 5.46. The highest BCUT2D eigenvalue weighted by atomic mass is 79.9. The maximum absolute atomic E-state index is 12.7. The van der Waals surface area contributed by atoms with Gasteiger partial charge in [-0.05, 0) is 48.0 Å². The normalized spacial score (nSPS) is 10.3. The fraction of sp³-hybridized carbons (Fsp3) is 0.158. The zero-order valence-corrected chi connectivity index (χ0v) is 16.2. The molecule has 0 saturated heterocycles. The number of carbonyl (C=O) groups is 1. The molecule has 3 rings (SSSR count). The third-order valence-electron chi connectivity index (χ3n) is 3.73. The van der Waals surface area contributed by atoms with Crippen LogP contribution < -0.4 is 9.47 Å². The molecule has 2 aromatic heterocycles. The van der Waals surface area contributed by atoms with Gasteiger partial charge in [0.25, 0.3) is 0 Å². The first-order chi connectivity index (χ1) is 13.0. The smallest absolute Gasteiger partial charge is 0.347 e. The molecule has 0 aliphatic carbocycles. The topological polar surface area (TPSA) is 90.0 Å². The summed E-state index contributed by atoms with van der Waals surface area (Å²) in [6.07, 6.45) is 3.08. The Balaban J connectivity index is 1.93. The van der Waals surface area contributed by atoms with Gasteiger partial charge in [0, 0.05) is 12.3 Å². The number of hydrogen-bond acceptors (Lipinski definition) is 6. The molecular weight excluding hydrogens is 412 g/mol. The molecule has 0 amide bonds. The summed E-state index contributed by atoms with van der Waals surface area (Å²) < 4.78 is 13.1. The van der Waals surface area contributed by atoms with Gasteiger partial charge in [0.15, 0.2) is 17.3 Å². The van der Waals surface area contributed by atoms with Gasteiger partial charge in [0.1, 0.15) is 5.56 Å². The Bertz CT molecular complexity index is 1030. The van der Waals surface area contributed by atoms with E-state index < -0.39 is 5.97 Å². The van der Waals surface area contributed by atoms with Gasteiger partial charge < -0.3 is 9.47 Å². The van der Waals surface area contributed by atoms with Gasteiger partial charge in [0.05, 0.1) is 34.6 Å². The number of hydrogen-bond donors (Lipinski definition) is 0. The minimum absolute atomic E-state index is 0.214. The number of carbonyl (C=O) groups excluding carboxylic acids is 1. The predicted molar refractivity (Wildman–Crippen MR) is 101 cm³/mol. The molecule has 1 aromatic carbocycles. The number of rotatable bonds is 5. The molecule has 7 nitrogen and oxygen atoms in total. The highest BCUT2D eigenvalue weighted by molar-refractivity contribution is 9.10. The van der Waals surface area contributed by atoms with E-state index in [-0.39, 0.29) is 5.75 Å². The van der Waals surface area contributed by atoms with Gasteiger partial charge in [-0.3, -0.25) is 0 Å². The van der Waals surface area contributed by atoms with Gasteiger partial charge in [-0.2, -0.15) is 10.4 Å². The van der Waals surface area contributed by atoms with Crippen LogP contribution in [0.2, 0.25) is 0 Å². The molecule has 0 saturated carbocycles. The number of benzene rings is 1. The predicted octanol–water partition coefficient (Wildman–Crippen LogP) is 3.83. The number of aromatic nitrogens is 3. The Kier molecular flexibility index (Phi) is 5.52. The van der Waals surface area contributed by atoms with Gasteiger partial charge in [-0.25, -0.2) is 14.5 Å². The van der Waals surface area contributed by atoms with Crippen molar-refractivity contribution >= 4 is 21.9 Å². The minimum Gasteiger partial charge on any atom is -0.490 e. The molecule has 0 aliphatic rings. The van der Waals surface area contributed by atoms with Crippen molar-refractivity contribution in [3.63, 3.8) is 0 Å². The van der Waals surface area contributed by atoms with E-state index in [1.807, 2.05) is 12.1 Å². The maximum atomic E-state index is 12.7. The standard InChI is InChI=1S/C19H15BrN4O3/c1-3-26-16-9-13(10-21)8-15(20)18(16)27-19(25)14-11-23-24(12(14)2)17-6-4-5-7-22-17/h4-9,11H,3H2,1-2H3. The second-order valence-corrected chi connectivity index (χ2v) is 6.32. The Morgan fingerprint density at radius 1 is 1.37 bits per heavy atom. The van der Waals surface area contributed by atoms with Gasteiger partial charge in [0.2, 0.25) is 0 Å². The van der Waals surface area contributed by atoms with Gasteiger partial charge in [-0.1, -0.05) is 6.07 Å². The van der Waals surface area contributed by atoms with E-state index in [9.17, 15) is 4.79 Å². The van der Waals surface area contributed by atoms with E-state index >= 15 is 0 Å². The third kappa shape index (κ3) is 3.83. The van der Waals surface area contributed by atoms with E-state index in [0.29, 0.717) is 39.5 Å². The first-order valence-corrected chi connectivity index (χ1v) is 8.89. The molecule has 3 aromatic rings. The van der Waals surface area contributed by atoms with Crippen molar-refractivity contribution in [3.05, 3.63) is 64.0 Å². The lowest BCUT2D eigenvalue weighted by Crippen LogP contribution is -2.12. The highest BCUT2D eigenvalue weighted by Crippen LogP contribution is 2.37. The van der Waals surface area contributed by atoms with Crippen LogP contribution in [0.3, 0.4) is 0 Å². The largest absolute Gasteiger partial charge is 0.490 e. The summed E-state index contributed by atoms with van der Waals surface area (Å²) in [5.41, 5.74) is 1.30. The van der Waals surface area contributed by atoms with Crippen LogP contribution in [0.15, 0.2) is 47.2 Å². The second kappa shape index (κ2) is 8.01. The molecule has 27 heavy (non-hydrogen) atoms. The van der Waals surface area contributed by atoms with Crippen LogP contribution in [0, 0.1) is 18.3 Å². The van der Waals surface area contributed by atoms with Crippen LogP contribution >= 0.6 is 15.9 Å². The van der Waals surface area contributed by atoms with E-state index in [4.69, 9.17) is 14.7 Å². The molecule has 0 unspecified atom stereocenters. The summed E-state index contributed by atoms with van der Waals surface area (Å²) in [7, 11) is 0. The summed E-state index contributed by atoms with van der Waals surface area (Å²) in [6, 6.07) is 10.6. The fourth-order valence-corrected chi connectivity index (χ4v) is 2.99. The Morgan fingerprint density at radius 3 is 2.85 bits per heavy atom. The quantitative estimate of drug-likeness (QED) is 0.454. The molecule has 0 spiro atoms. The SMILES string of the molecule is CCOc1cc(C#N)cc(Br)c1OC(=O)c1cnn(-c2ccccn2)c1C. The zero-order chi connectivity index (χ0) is 19.4. The molecule has 0 aliphatic heterocycles. The molecule has 0 atom stereocenters. The first kappa shape index (κ1) is 18.6. The van der Waals surface area contributed by atoms with Crippen molar-refractivity contribution in [2.75, 3.05) is 6.61 Å². The van der Waals surface area contributed by atoms with E-state index in [0.717, 1.165) is 0 Å². The highest BCUT2D eigenvalue weighted by Gasteiger charge is 2.21. The first-order valence-electron chi connectivity index (χ1n) is 8.09. The summed E-state index contributed by atoms with van der Waals surface area (Å²) in [5.74, 6) is 0.544. The summed E-state index contributed by atoms with van der Waals surface area (Å²) in [6.45, 7) is 3.93. The Labute approximate surface area is 164 Å². The van der Waals surface area contributed by atoms with Crippen molar-refractivity contribution < 1.29 is 14.3 Å². The van der Waals surface area contributed by atoms with Crippen molar-refractivity contribution in [1.29, 1.82) is 5.26 Å². The van der Waals surface area contributed by atoms with Crippen molar-refractivity contribution in [1.82, 2.24) is 14.8 Å². The number of halogens is 1. The average Bonchev–Trinajstić information content (AvgIpc) is 3.06. The lowest BCUT2D eigenvalue weighted by molar-refractivity contribution is 0.0726. The molecule has 0 radical (unpaired) electrons. The van der Waals surface area contributed by atoms with Crippen LogP contribution in [0.5, 0.6) is 11.5 Å². The molecule has 0 fully saturated rings. The van der Waals surface area contributed by atoms with Crippen LogP contribution in [-0.2, 0) is 0 Å². The maximum Gasteiger partial charge on any atom is 0.347 e. The summed E-state index contributed by atoms with van der Waals surface area (Å²) >= 11 is 3.33. The molecular formula is C19H15BrN4O3. The van der Waals surface area contributed by atoms with Crippen LogP contribution in [0.25, 0.3) is 5.82 Å². The average molecular weight is 427 g/mol. The van der Waals surface area contributed by atoms with E-state index in [2.05, 4.69) is 26.0 Å². The Morgan fingerprint density at radius 2 is 2.19 bits per heavy atom. The van der Waals surface area contributed by atoms with E-state index in [1.165, 1.54) is 12.3 Å². The molecule has 0 bridgehead atoms. The number of nitrogens with zero attached hydrogens (tertiary/aromatic N) is 4. The van der Waals surface area contributed by atoms with Crippen LogP contribution in [0.4, 0.5) is 0 Å². The lowest BCUT2D eigenvalue weighted by atomic mass is 10.2. The summed E-state index contributed by atoms with van der Waals surface area (Å²) in [5, 5.41) is 13.3. The lowest BCUT2D eigenvalue weighted by Gasteiger charge is -2.12. The minimum atomic E-state index is -0.582. The molecule has 136 valence electrons. The Hall–Kier alpha value is -3.18. The number of esters is 1. The van der Waals surface area contributed by atoms with Crippen molar-refractivity contribution in [3.8, 4) is 23.4 Å². The fourth-order valence-electron chi connectivity index (χ4n) is 2.46. The monoisotopic (exact) mass is 426 g/mol. The van der Waals surface area contributed by atoms with Gasteiger partial charge in [-0.15, -0.1) is 0 Å². The van der Waals surface area contributed by atoms with Gasteiger partial charge >= 0.3 is 5.97 Å². The van der Waals surface area contributed by atoms with Crippen LogP contribution in [0.1, 0.15) is 28.5 Å². The molecule has 0 N–H and O–H groups in total. The number of pyridine rings is 1. The molecule has 2 heterocycles. The van der Waals surface area contributed by atoms with E-state index in [1.54, 1.807) is 42.9 Å². The van der Waals surface area contributed by atoms with Crippen LogP contribution in [-0.4, -0.2) is 27.3 Å². The van der Waals surface area contributed by atoms with Crippen molar-refractivity contribution in [2.45, 2.75) is 13.8 Å². The summed E-state index contributed by atoms with van der Waals surface area (Å²) in [4.78, 5) is 16.9. The third-order valence-corrected chi connectivity index (χ3v) is 4.32. The number of nitriles is 1. The number of ether oxygens (including phenoxy) is 2. The van der Waals surface area contributed by atoms with Crippen molar-refractivity contribution in [2.24, 2.45) is 0 Å². The molecule has 8 heteroatoms. The zero-order valence-electron chi connectivity index (χ0n) is 14.6.